The maximum Gasteiger partial charge on any atom is 0.0390 e. The van der Waals surface area contributed by atoms with E-state index < -0.39 is 0 Å². The molecule has 1 heteroatoms. The van der Waals surface area contributed by atoms with Gasteiger partial charge in [0.15, 0.2) is 0 Å². The van der Waals surface area contributed by atoms with Gasteiger partial charge >= 0.3 is 0 Å². The molecule has 3 aliphatic rings. The van der Waals surface area contributed by atoms with Crippen molar-refractivity contribution in [1.82, 2.24) is 0 Å². The molecule has 66 heavy (non-hydrogen) atoms. The molecule has 5 aromatic carbocycles. The van der Waals surface area contributed by atoms with E-state index in [4.69, 9.17) is 0 Å². The molecule has 0 spiro atoms. The van der Waals surface area contributed by atoms with Crippen molar-refractivity contribution in [3.8, 4) is 22.3 Å². The zero-order chi connectivity index (χ0) is 47.8. The van der Waals surface area contributed by atoms with Gasteiger partial charge in [-0.3, -0.25) is 0 Å². The van der Waals surface area contributed by atoms with Crippen molar-refractivity contribution in [2.75, 3.05) is 5.32 Å². The first-order valence-corrected chi connectivity index (χ1v) is 24.1. The Morgan fingerprint density at radius 3 is 2.02 bits per heavy atom. The normalized spacial score (nSPS) is 14.7. The Hall–Kier alpha value is -6.70. The van der Waals surface area contributed by atoms with E-state index in [1.54, 1.807) is 0 Å². The molecule has 5 aromatic rings. The van der Waals surface area contributed by atoms with Gasteiger partial charge in [0.1, 0.15) is 0 Å². The number of allylic oxidation sites excluding steroid dienone is 16. The maximum atomic E-state index is 4.00. The van der Waals surface area contributed by atoms with E-state index in [0.717, 1.165) is 30.6 Å². The molecule has 0 fully saturated rings. The van der Waals surface area contributed by atoms with Crippen LogP contribution in [0.25, 0.3) is 33.9 Å². The number of aryl methyl sites for hydroxylation is 1. The number of hydrogen-bond donors (Lipinski definition) is 1. The quantitative estimate of drug-likeness (QED) is 0.103. The number of benzene rings is 5. The summed E-state index contributed by atoms with van der Waals surface area (Å²) in [6.07, 6.45) is 37.5. The predicted molar refractivity (Wildman–Crippen MR) is 298 cm³/mol. The van der Waals surface area contributed by atoms with Crippen LogP contribution in [0.3, 0.4) is 0 Å². The lowest BCUT2D eigenvalue weighted by Crippen LogP contribution is -1.98. The fourth-order valence-electron chi connectivity index (χ4n) is 7.21. The van der Waals surface area contributed by atoms with Crippen molar-refractivity contribution >= 4 is 23.0 Å². The molecule has 342 valence electrons. The molecule has 8 rings (SSSR count). The average molecular weight is 872 g/mol. The lowest BCUT2D eigenvalue weighted by molar-refractivity contribution is 0.700. The van der Waals surface area contributed by atoms with E-state index in [-0.39, 0.29) is 0 Å². The molecular weight excluding hydrogens is 795 g/mol. The standard InChI is InChI=1S/C32H31N.C11H12.C10H10.C8H14.C2H6.C2H4/c1-4-24(3)22-25(5-2)27-14-16-29(17-15-27)30-12-9-13-32(23-30)33-31-20-18-28(19-21-31)26-10-7-6-8-11-26;1-2-6-10(7-3-1)11-8-4-5-9-11;1-2-6-10-8-4-3-7-9(10)5-1;1-4-6-7-8(3)5-2;2*1-2/h5-24,33H,2,4H2,1,3H3;1-4,6,8-10H,5,7H2;1-3,5-7H,4,8H2;4,6-7H,5H2,1-3H3;1-2H3;1-2H2/b25-22+;;;6-4-,8-7+;;. The molecule has 2 atom stereocenters. The summed E-state index contributed by atoms with van der Waals surface area (Å²) in [6.45, 7) is 24.8. The molecule has 0 saturated carbocycles. The summed E-state index contributed by atoms with van der Waals surface area (Å²) in [6, 6.07) is 44.9. The van der Waals surface area contributed by atoms with Crippen LogP contribution in [0.1, 0.15) is 97.3 Å². The van der Waals surface area contributed by atoms with E-state index in [1.165, 1.54) is 74.9 Å². The molecule has 2 unspecified atom stereocenters. The Labute approximate surface area is 401 Å². The van der Waals surface area contributed by atoms with Gasteiger partial charge in [-0.25, -0.2) is 0 Å². The topological polar surface area (TPSA) is 12.0 Å². The van der Waals surface area contributed by atoms with Crippen LogP contribution in [0.4, 0.5) is 11.4 Å². The predicted octanol–water partition coefficient (Wildman–Crippen LogP) is 19.8. The second-order valence-corrected chi connectivity index (χ2v) is 16.0. The van der Waals surface area contributed by atoms with Crippen LogP contribution in [0, 0.1) is 11.8 Å². The fourth-order valence-corrected chi connectivity index (χ4v) is 7.21. The van der Waals surface area contributed by atoms with Gasteiger partial charge in [0, 0.05) is 17.3 Å². The maximum absolute atomic E-state index is 4.00. The minimum Gasteiger partial charge on any atom is -0.356 e. The summed E-state index contributed by atoms with van der Waals surface area (Å²) in [7, 11) is 0. The van der Waals surface area contributed by atoms with Crippen LogP contribution in [-0.4, -0.2) is 0 Å². The number of hydrogen-bond acceptors (Lipinski definition) is 1. The zero-order valence-electron chi connectivity index (χ0n) is 41.2. The van der Waals surface area contributed by atoms with Gasteiger partial charge in [-0.05, 0) is 126 Å². The molecule has 0 amide bonds. The summed E-state index contributed by atoms with van der Waals surface area (Å²) in [5, 5.41) is 3.54. The van der Waals surface area contributed by atoms with Gasteiger partial charge in [-0.1, -0.05) is 241 Å². The third-order valence-electron chi connectivity index (χ3n) is 11.3. The van der Waals surface area contributed by atoms with E-state index in [9.17, 15) is 0 Å². The van der Waals surface area contributed by atoms with Crippen LogP contribution in [0.2, 0.25) is 0 Å². The summed E-state index contributed by atoms with van der Waals surface area (Å²) in [4.78, 5) is 0. The first kappa shape index (κ1) is 53.6. The van der Waals surface area contributed by atoms with E-state index >= 15 is 0 Å². The van der Waals surface area contributed by atoms with Crippen molar-refractivity contribution in [2.45, 2.75) is 87.0 Å². The monoisotopic (exact) mass is 872 g/mol. The van der Waals surface area contributed by atoms with Crippen molar-refractivity contribution in [2.24, 2.45) is 11.8 Å². The van der Waals surface area contributed by atoms with Gasteiger partial charge in [-0.15, -0.1) is 13.2 Å². The lowest BCUT2D eigenvalue weighted by Gasteiger charge is -2.12. The second-order valence-electron chi connectivity index (χ2n) is 16.0. The Morgan fingerprint density at radius 1 is 0.727 bits per heavy atom. The number of fused-ring (bicyclic) bond motifs is 1. The smallest absolute Gasteiger partial charge is 0.0390 e. The summed E-state index contributed by atoms with van der Waals surface area (Å²) >= 11 is 0. The Bertz CT molecular complexity index is 2390. The summed E-state index contributed by atoms with van der Waals surface area (Å²) in [5.41, 5.74) is 15.2. The van der Waals surface area contributed by atoms with E-state index in [1.807, 2.05) is 39.0 Å². The van der Waals surface area contributed by atoms with Crippen LogP contribution >= 0.6 is 0 Å². The average Bonchev–Trinajstić information content (AvgIpc) is 3.96. The number of anilines is 2. The summed E-state index contributed by atoms with van der Waals surface area (Å²) in [5.74, 6) is 1.20. The highest BCUT2D eigenvalue weighted by atomic mass is 14.9. The highest BCUT2D eigenvalue weighted by Gasteiger charge is 2.10. The van der Waals surface area contributed by atoms with Gasteiger partial charge in [0.2, 0.25) is 0 Å². The zero-order valence-corrected chi connectivity index (χ0v) is 41.2. The van der Waals surface area contributed by atoms with Gasteiger partial charge in [0.05, 0.1) is 0 Å². The van der Waals surface area contributed by atoms with Crippen LogP contribution < -0.4 is 5.32 Å². The van der Waals surface area contributed by atoms with Crippen molar-refractivity contribution < 1.29 is 0 Å². The minimum atomic E-state index is 0.544. The fraction of sp³-hybridized carbons (Fsp3) is 0.231. The van der Waals surface area contributed by atoms with Gasteiger partial charge in [-0.2, -0.15) is 0 Å². The van der Waals surface area contributed by atoms with Crippen LogP contribution in [0.5, 0.6) is 0 Å². The van der Waals surface area contributed by atoms with Crippen LogP contribution in [0.15, 0.2) is 237 Å². The van der Waals surface area contributed by atoms with Crippen molar-refractivity contribution in [3.63, 3.8) is 0 Å². The SMILES string of the molecule is C/C=C\C=C(/C)CC.C1=CCC(C2=CCC=C2)C=C1.C1=Cc2ccccc2CC1.C=C.C=C/C(=C\C(C)CC)c1ccc(-c2cccc(Nc3ccc(-c4ccccc4)cc3)c2)cc1.CC. The largest absolute Gasteiger partial charge is 0.356 e. The van der Waals surface area contributed by atoms with Crippen molar-refractivity contribution in [3.05, 3.63) is 254 Å². The molecule has 0 heterocycles. The van der Waals surface area contributed by atoms with Gasteiger partial charge < -0.3 is 5.32 Å². The Balaban J connectivity index is 0.000000282. The number of rotatable bonds is 11. The van der Waals surface area contributed by atoms with E-state index in [0.29, 0.717) is 11.8 Å². The Kier molecular flexibility index (Phi) is 26.0. The highest BCUT2D eigenvalue weighted by molar-refractivity contribution is 5.77. The third kappa shape index (κ3) is 18.8. The molecule has 1 nitrogen and oxygen atoms in total. The highest BCUT2D eigenvalue weighted by Crippen LogP contribution is 2.29. The van der Waals surface area contributed by atoms with E-state index in [2.05, 4.69) is 247 Å². The second kappa shape index (κ2) is 32.0. The first-order valence-electron chi connectivity index (χ1n) is 24.1. The molecule has 0 saturated heterocycles. The molecular formula is C65H77N. The van der Waals surface area contributed by atoms with Crippen molar-refractivity contribution in [1.29, 1.82) is 0 Å². The molecule has 3 aliphatic carbocycles. The minimum absolute atomic E-state index is 0.544. The first-order chi connectivity index (χ1) is 32.4. The van der Waals surface area contributed by atoms with Crippen LogP contribution in [-0.2, 0) is 6.42 Å². The third-order valence-corrected chi connectivity index (χ3v) is 11.3. The molecule has 0 aromatic heterocycles. The summed E-state index contributed by atoms with van der Waals surface area (Å²) < 4.78 is 0. The number of nitrogens with one attached hydrogen (secondary N) is 1. The molecule has 1 N–H and O–H groups in total. The molecule has 0 bridgehead atoms. The van der Waals surface area contributed by atoms with Gasteiger partial charge in [0.25, 0.3) is 0 Å². The molecule has 0 aliphatic heterocycles. The lowest BCUT2D eigenvalue weighted by atomic mass is 9.93. The Morgan fingerprint density at radius 2 is 1.39 bits per heavy atom. The molecule has 0 radical (unpaired) electrons.